The van der Waals surface area contributed by atoms with Gasteiger partial charge in [0.1, 0.15) is 11.6 Å². The normalized spacial score (nSPS) is 9.79. The average molecular weight is 329 g/mol. The van der Waals surface area contributed by atoms with Gasteiger partial charge in [0, 0.05) is 19.7 Å². The fourth-order valence-electron chi connectivity index (χ4n) is 1.37. The van der Waals surface area contributed by atoms with Crippen molar-refractivity contribution < 1.29 is 13.9 Å². The van der Waals surface area contributed by atoms with Crippen molar-refractivity contribution in [3.05, 3.63) is 28.5 Å². The fourth-order valence-corrected chi connectivity index (χ4v) is 1.73. The molecule has 19 heavy (non-hydrogen) atoms. The highest BCUT2D eigenvalue weighted by Crippen LogP contribution is 2.25. The first-order chi connectivity index (χ1) is 9.04. The molecular formula is C13H14BrFN2O2. The van der Waals surface area contributed by atoms with Gasteiger partial charge in [0.25, 0.3) is 0 Å². The van der Waals surface area contributed by atoms with E-state index in [1.165, 1.54) is 17.0 Å². The van der Waals surface area contributed by atoms with E-state index < -0.39 is 5.82 Å². The van der Waals surface area contributed by atoms with Crippen LogP contribution in [0, 0.1) is 17.1 Å². The van der Waals surface area contributed by atoms with Crippen LogP contribution in [0.1, 0.15) is 12.8 Å². The largest absolute Gasteiger partial charge is 0.492 e. The van der Waals surface area contributed by atoms with Crippen molar-refractivity contribution in [3.63, 3.8) is 0 Å². The molecule has 1 aromatic rings. The molecule has 0 saturated carbocycles. The molecule has 0 saturated heterocycles. The lowest BCUT2D eigenvalue weighted by molar-refractivity contribution is -0.130. The second-order valence-electron chi connectivity index (χ2n) is 3.90. The first-order valence-electron chi connectivity index (χ1n) is 5.73. The molecule has 1 amide bonds. The zero-order valence-corrected chi connectivity index (χ0v) is 12.1. The van der Waals surface area contributed by atoms with Gasteiger partial charge >= 0.3 is 0 Å². The SMILES string of the molecule is CN(CCC#N)C(=O)CCOc1cc(F)ccc1Br. The maximum atomic E-state index is 13.0. The summed E-state index contributed by atoms with van der Waals surface area (Å²) in [6.45, 7) is 0.566. The number of hydrogen-bond acceptors (Lipinski definition) is 3. The standard InChI is InChI=1S/C13H14BrFN2O2/c1-17(7-2-6-16)13(18)5-8-19-12-9-10(15)3-4-11(12)14/h3-4,9H,2,5,7-8H2,1H3. The molecule has 0 heterocycles. The minimum Gasteiger partial charge on any atom is -0.492 e. The van der Waals surface area contributed by atoms with E-state index in [0.29, 0.717) is 23.2 Å². The van der Waals surface area contributed by atoms with Crippen LogP contribution in [0.3, 0.4) is 0 Å². The van der Waals surface area contributed by atoms with Crippen LogP contribution in [-0.4, -0.2) is 31.0 Å². The minimum atomic E-state index is -0.393. The van der Waals surface area contributed by atoms with Crippen LogP contribution < -0.4 is 4.74 Å². The number of nitrogens with zero attached hydrogens (tertiary/aromatic N) is 2. The summed E-state index contributed by atoms with van der Waals surface area (Å²) < 4.78 is 19.0. The third-order valence-corrected chi connectivity index (χ3v) is 3.11. The molecule has 0 spiro atoms. The van der Waals surface area contributed by atoms with Gasteiger partial charge in [-0.25, -0.2) is 4.39 Å². The van der Waals surface area contributed by atoms with Crippen LogP contribution in [0.5, 0.6) is 5.75 Å². The molecule has 6 heteroatoms. The molecular weight excluding hydrogens is 315 g/mol. The molecule has 1 aromatic carbocycles. The molecule has 0 aliphatic rings. The van der Waals surface area contributed by atoms with E-state index in [0.717, 1.165) is 0 Å². The molecule has 0 aromatic heterocycles. The Kier molecular flexibility index (Phi) is 6.30. The maximum absolute atomic E-state index is 13.0. The lowest BCUT2D eigenvalue weighted by atomic mass is 10.3. The van der Waals surface area contributed by atoms with Gasteiger partial charge in [-0.15, -0.1) is 0 Å². The van der Waals surface area contributed by atoms with Crippen molar-refractivity contribution >= 4 is 21.8 Å². The van der Waals surface area contributed by atoms with Crippen LogP contribution in [-0.2, 0) is 4.79 Å². The van der Waals surface area contributed by atoms with Crippen molar-refractivity contribution in [2.24, 2.45) is 0 Å². The molecule has 102 valence electrons. The monoisotopic (exact) mass is 328 g/mol. The summed E-state index contributed by atoms with van der Waals surface area (Å²) in [4.78, 5) is 13.1. The quantitative estimate of drug-likeness (QED) is 0.806. The maximum Gasteiger partial charge on any atom is 0.225 e. The summed E-state index contributed by atoms with van der Waals surface area (Å²) in [6, 6.07) is 6.10. The van der Waals surface area contributed by atoms with E-state index in [1.807, 2.05) is 6.07 Å². The van der Waals surface area contributed by atoms with E-state index in [-0.39, 0.29) is 18.9 Å². The molecule has 1 rings (SSSR count). The van der Waals surface area contributed by atoms with Crippen LogP contribution in [0.4, 0.5) is 4.39 Å². The Morgan fingerprint density at radius 1 is 1.58 bits per heavy atom. The summed E-state index contributed by atoms with van der Waals surface area (Å²) >= 11 is 3.24. The summed E-state index contributed by atoms with van der Waals surface area (Å²) in [7, 11) is 1.64. The number of carbonyl (C=O) groups excluding carboxylic acids is 1. The molecule has 0 atom stereocenters. The number of hydrogen-bond donors (Lipinski definition) is 0. The van der Waals surface area contributed by atoms with Gasteiger partial charge in [0.05, 0.1) is 30.0 Å². The molecule has 0 unspecified atom stereocenters. The molecule has 0 radical (unpaired) electrons. The Hall–Kier alpha value is -1.61. The smallest absolute Gasteiger partial charge is 0.225 e. The van der Waals surface area contributed by atoms with Crippen LogP contribution in [0.15, 0.2) is 22.7 Å². The molecule has 0 N–H and O–H groups in total. The van der Waals surface area contributed by atoms with Gasteiger partial charge in [0.2, 0.25) is 5.91 Å². The number of halogens is 2. The van der Waals surface area contributed by atoms with E-state index in [1.54, 1.807) is 13.1 Å². The van der Waals surface area contributed by atoms with Crippen molar-refractivity contribution in [2.75, 3.05) is 20.2 Å². The van der Waals surface area contributed by atoms with Crippen molar-refractivity contribution in [2.45, 2.75) is 12.8 Å². The highest BCUT2D eigenvalue weighted by molar-refractivity contribution is 9.10. The van der Waals surface area contributed by atoms with E-state index in [9.17, 15) is 9.18 Å². The van der Waals surface area contributed by atoms with Gasteiger partial charge < -0.3 is 9.64 Å². The summed E-state index contributed by atoms with van der Waals surface area (Å²) in [5.41, 5.74) is 0. The second-order valence-corrected chi connectivity index (χ2v) is 4.75. The molecule has 4 nitrogen and oxygen atoms in total. The Bertz CT molecular complexity index is 488. The number of nitriles is 1. The fraction of sp³-hybridized carbons (Fsp3) is 0.385. The van der Waals surface area contributed by atoms with E-state index in [2.05, 4.69) is 15.9 Å². The summed E-state index contributed by atoms with van der Waals surface area (Å²) in [6.07, 6.45) is 0.490. The highest BCUT2D eigenvalue weighted by Gasteiger charge is 2.09. The lowest BCUT2D eigenvalue weighted by Crippen LogP contribution is -2.28. The van der Waals surface area contributed by atoms with Gasteiger partial charge in [0.15, 0.2) is 0 Å². The van der Waals surface area contributed by atoms with Gasteiger partial charge in [-0.1, -0.05) is 0 Å². The average Bonchev–Trinajstić information content (AvgIpc) is 2.39. The van der Waals surface area contributed by atoms with Gasteiger partial charge in [-0.3, -0.25) is 4.79 Å². The second kappa shape index (κ2) is 7.74. The molecule has 0 aliphatic heterocycles. The zero-order chi connectivity index (χ0) is 14.3. The van der Waals surface area contributed by atoms with Crippen molar-refractivity contribution in [1.29, 1.82) is 5.26 Å². The number of ether oxygens (including phenoxy) is 1. The Morgan fingerprint density at radius 2 is 2.32 bits per heavy atom. The minimum absolute atomic E-state index is 0.109. The van der Waals surface area contributed by atoms with Gasteiger partial charge in [-0.2, -0.15) is 5.26 Å². The predicted molar refractivity (Wildman–Crippen MR) is 72.1 cm³/mol. The molecule has 0 fully saturated rings. The van der Waals surface area contributed by atoms with Gasteiger partial charge in [-0.05, 0) is 28.1 Å². The van der Waals surface area contributed by atoms with Crippen LogP contribution in [0.25, 0.3) is 0 Å². The first-order valence-corrected chi connectivity index (χ1v) is 6.52. The summed E-state index contributed by atoms with van der Waals surface area (Å²) in [5, 5.41) is 8.42. The summed E-state index contributed by atoms with van der Waals surface area (Å²) in [5.74, 6) is -0.133. The first kappa shape index (κ1) is 15.4. The number of benzene rings is 1. The lowest BCUT2D eigenvalue weighted by Gasteiger charge is -2.15. The highest BCUT2D eigenvalue weighted by atomic mass is 79.9. The molecule has 0 bridgehead atoms. The van der Waals surface area contributed by atoms with Crippen LogP contribution >= 0.6 is 15.9 Å². The number of rotatable bonds is 6. The Morgan fingerprint density at radius 3 is 3.00 bits per heavy atom. The molecule has 0 aliphatic carbocycles. The topological polar surface area (TPSA) is 53.3 Å². The number of amides is 1. The Balaban J connectivity index is 2.40. The predicted octanol–water partition coefficient (Wildman–Crippen LogP) is 2.73. The Labute approximate surface area is 119 Å². The van der Waals surface area contributed by atoms with Crippen LogP contribution in [0.2, 0.25) is 0 Å². The van der Waals surface area contributed by atoms with E-state index in [4.69, 9.17) is 10.00 Å². The third kappa shape index (κ3) is 5.26. The van der Waals surface area contributed by atoms with Crippen molar-refractivity contribution in [1.82, 2.24) is 4.90 Å². The van der Waals surface area contributed by atoms with Crippen molar-refractivity contribution in [3.8, 4) is 11.8 Å². The van der Waals surface area contributed by atoms with E-state index >= 15 is 0 Å². The zero-order valence-electron chi connectivity index (χ0n) is 10.5. The third-order valence-electron chi connectivity index (χ3n) is 2.45. The number of carbonyl (C=O) groups is 1.